The number of para-hydroxylation sites is 1. The van der Waals surface area contributed by atoms with E-state index in [4.69, 9.17) is 11.6 Å². The number of halogens is 1. The van der Waals surface area contributed by atoms with Crippen LogP contribution in [0.2, 0.25) is 5.02 Å². The normalized spacial score (nSPS) is 11.5. The van der Waals surface area contributed by atoms with Crippen LogP contribution in [0.4, 0.5) is 11.4 Å². The summed E-state index contributed by atoms with van der Waals surface area (Å²) in [5, 5.41) is 6.13. The second-order valence-corrected chi connectivity index (χ2v) is 9.97. The van der Waals surface area contributed by atoms with Crippen molar-refractivity contribution >= 4 is 46.6 Å². The Morgan fingerprint density at radius 1 is 0.861 bits per heavy atom. The molecule has 1 unspecified atom stereocenters. The number of anilines is 2. The third-order valence-electron chi connectivity index (χ3n) is 5.76. The van der Waals surface area contributed by atoms with Crippen LogP contribution < -0.4 is 10.6 Å². The number of benzene rings is 4. The molecule has 0 heterocycles. The third-order valence-corrected chi connectivity index (χ3v) is 7.24. The molecule has 0 aliphatic heterocycles. The van der Waals surface area contributed by atoms with Gasteiger partial charge in [0.2, 0.25) is 5.91 Å². The Morgan fingerprint density at radius 3 is 2.36 bits per heavy atom. The second-order valence-electron chi connectivity index (χ2n) is 8.35. The van der Waals surface area contributed by atoms with Gasteiger partial charge in [-0.2, -0.15) is 0 Å². The largest absolute Gasteiger partial charge is 0.324 e. The molecule has 0 saturated carbocycles. The lowest BCUT2D eigenvalue weighted by Gasteiger charge is -2.20. The first-order valence-corrected chi connectivity index (χ1v) is 13.0. The van der Waals surface area contributed by atoms with Crippen LogP contribution in [-0.2, 0) is 11.2 Å². The van der Waals surface area contributed by atoms with E-state index in [0.717, 1.165) is 33.7 Å². The van der Waals surface area contributed by atoms with Gasteiger partial charge in [0.15, 0.2) is 0 Å². The van der Waals surface area contributed by atoms with Crippen molar-refractivity contribution in [2.75, 3.05) is 10.6 Å². The molecule has 0 aliphatic carbocycles. The van der Waals surface area contributed by atoms with Gasteiger partial charge in [0.1, 0.15) is 5.25 Å². The molecular weight excluding hydrogens is 488 g/mol. The summed E-state index contributed by atoms with van der Waals surface area (Å²) in [7, 11) is 0. The predicted octanol–water partition coefficient (Wildman–Crippen LogP) is 7.94. The molecular formula is C30H27ClN2O2S. The standard InChI is InChI=1S/C30H27ClN2O2S/c1-3-21-13-7-10-20(2)27(21)33-30(35)28(22-11-5-4-6-12-22)36-26-17-9-16-25(19-26)32-29(34)23-14-8-15-24(31)18-23/h4-19,28H,3H2,1-2H3,(H,32,34)(H,33,35). The highest BCUT2D eigenvalue weighted by Gasteiger charge is 2.23. The molecule has 4 rings (SSSR count). The van der Waals surface area contributed by atoms with Crippen molar-refractivity contribution in [3.05, 3.63) is 124 Å². The van der Waals surface area contributed by atoms with Gasteiger partial charge in [-0.05, 0) is 66.4 Å². The van der Waals surface area contributed by atoms with Gasteiger partial charge in [-0.1, -0.05) is 79.2 Å². The van der Waals surface area contributed by atoms with Crippen molar-refractivity contribution < 1.29 is 9.59 Å². The maximum absolute atomic E-state index is 13.6. The fourth-order valence-electron chi connectivity index (χ4n) is 3.91. The van der Waals surface area contributed by atoms with E-state index in [1.165, 1.54) is 11.8 Å². The van der Waals surface area contributed by atoms with Gasteiger partial charge in [-0.3, -0.25) is 9.59 Å². The van der Waals surface area contributed by atoms with E-state index < -0.39 is 5.25 Å². The zero-order valence-corrected chi connectivity index (χ0v) is 21.7. The highest BCUT2D eigenvalue weighted by molar-refractivity contribution is 8.00. The predicted molar refractivity (Wildman–Crippen MR) is 150 cm³/mol. The average molecular weight is 515 g/mol. The number of hydrogen-bond donors (Lipinski definition) is 2. The molecule has 0 saturated heterocycles. The summed E-state index contributed by atoms with van der Waals surface area (Å²) in [4.78, 5) is 27.2. The van der Waals surface area contributed by atoms with Crippen LogP contribution in [0.15, 0.2) is 102 Å². The maximum atomic E-state index is 13.6. The summed E-state index contributed by atoms with van der Waals surface area (Å²) in [5.74, 6) is -0.341. The molecule has 0 fully saturated rings. The number of carbonyl (C=O) groups is 2. The van der Waals surface area contributed by atoms with Crippen LogP contribution in [0.1, 0.15) is 39.2 Å². The van der Waals surface area contributed by atoms with Gasteiger partial charge in [0.05, 0.1) is 0 Å². The first kappa shape index (κ1) is 25.5. The molecule has 2 amide bonds. The van der Waals surface area contributed by atoms with E-state index in [-0.39, 0.29) is 11.8 Å². The summed E-state index contributed by atoms with van der Waals surface area (Å²) in [6.45, 7) is 4.09. The van der Waals surface area contributed by atoms with Crippen molar-refractivity contribution in [2.24, 2.45) is 0 Å². The number of amides is 2. The molecule has 4 nitrogen and oxygen atoms in total. The Morgan fingerprint density at radius 2 is 1.61 bits per heavy atom. The maximum Gasteiger partial charge on any atom is 0.255 e. The quantitative estimate of drug-likeness (QED) is 0.235. The van der Waals surface area contributed by atoms with Gasteiger partial charge >= 0.3 is 0 Å². The molecule has 36 heavy (non-hydrogen) atoms. The number of nitrogens with one attached hydrogen (secondary N) is 2. The summed E-state index contributed by atoms with van der Waals surface area (Å²) < 4.78 is 0. The summed E-state index contributed by atoms with van der Waals surface area (Å²) in [5.41, 5.74) is 5.03. The molecule has 0 radical (unpaired) electrons. The monoisotopic (exact) mass is 514 g/mol. The van der Waals surface area contributed by atoms with Crippen molar-refractivity contribution in [1.29, 1.82) is 0 Å². The fraction of sp³-hybridized carbons (Fsp3) is 0.133. The van der Waals surface area contributed by atoms with Crippen LogP contribution in [0.25, 0.3) is 0 Å². The fourth-order valence-corrected chi connectivity index (χ4v) is 5.18. The van der Waals surface area contributed by atoms with Crippen LogP contribution >= 0.6 is 23.4 Å². The molecule has 0 bridgehead atoms. The molecule has 6 heteroatoms. The Balaban J connectivity index is 1.58. The van der Waals surface area contributed by atoms with E-state index in [9.17, 15) is 9.59 Å². The molecule has 0 spiro atoms. The summed E-state index contributed by atoms with van der Waals surface area (Å²) >= 11 is 7.47. The van der Waals surface area contributed by atoms with Crippen LogP contribution in [0.5, 0.6) is 0 Å². The van der Waals surface area contributed by atoms with Gasteiger partial charge in [0.25, 0.3) is 5.91 Å². The highest BCUT2D eigenvalue weighted by atomic mass is 35.5. The third kappa shape index (κ3) is 6.36. The molecule has 182 valence electrons. The number of carbonyl (C=O) groups excluding carboxylic acids is 2. The summed E-state index contributed by atoms with van der Waals surface area (Å²) in [6, 6.07) is 30.1. The Labute approximate surface area is 221 Å². The van der Waals surface area contributed by atoms with Gasteiger partial charge in [-0.15, -0.1) is 11.8 Å². The minimum absolute atomic E-state index is 0.0939. The molecule has 4 aromatic carbocycles. The average Bonchev–Trinajstić information content (AvgIpc) is 2.89. The number of hydrogen-bond acceptors (Lipinski definition) is 3. The van der Waals surface area contributed by atoms with Crippen LogP contribution in [0.3, 0.4) is 0 Å². The van der Waals surface area contributed by atoms with E-state index in [0.29, 0.717) is 16.3 Å². The van der Waals surface area contributed by atoms with E-state index in [2.05, 4.69) is 17.6 Å². The zero-order chi connectivity index (χ0) is 25.5. The lowest BCUT2D eigenvalue weighted by atomic mass is 10.1. The Kier molecular flexibility index (Phi) is 8.47. The second kappa shape index (κ2) is 11.9. The van der Waals surface area contributed by atoms with Crippen molar-refractivity contribution in [3.63, 3.8) is 0 Å². The highest BCUT2D eigenvalue weighted by Crippen LogP contribution is 2.38. The van der Waals surface area contributed by atoms with E-state index in [1.54, 1.807) is 24.3 Å². The number of rotatable bonds is 8. The zero-order valence-electron chi connectivity index (χ0n) is 20.1. The molecule has 0 aromatic heterocycles. The van der Waals surface area contributed by atoms with Crippen molar-refractivity contribution in [1.82, 2.24) is 0 Å². The molecule has 2 N–H and O–H groups in total. The first-order valence-electron chi connectivity index (χ1n) is 11.7. The Bertz CT molecular complexity index is 1370. The van der Waals surface area contributed by atoms with Crippen LogP contribution in [0, 0.1) is 6.92 Å². The van der Waals surface area contributed by atoms with Crippen molar-refractivity contribution in [2.45, 2.75) is 30.4 Å². The number of thioether (sulfide) groups is 1. The topological polar surface area (TPSA) is 58.2 Å². The minimum atomic E-state index is -0.477. The van der Waals surface area contributed by atoms with Gasteiger partial charge < -0.3 is 10.6 Å². The first-order chi connectivity index (χ1) is 17.4. The molecule has 0 aliphatic rings. The smallest absolute Gasteiger partial charge is 0.255 e. The van der Waals surface area contributed by atoms with E-state index in [1.807, 2.05) is 79.7 Å². The van der Waals surface area contributed by atoms with Gasteiger partial charge in [0, 0.05) is 26.9 Å². The summed E-state index contributed by atoms with van der Waals surface area (Å²) in [6.07, 6.45) is 0.828. The van der Waals surface area contributed by atoms with E-state index >= 15 is 0 Å². The minimum Gasteiger partial charge on any atom is -0.324 e. The Hall–Kier alpha value is -3.54. The van der Waals surface area contributed by atoms with Crippen molar-refractivity contribution in [3.8, 4) is 0 Å². The van der Waals surface area contributed by atoms with Crippen LogP contribution in [-0.4, -0.2) is 11.8 Å². The SMILES string of the molecule is CCc1cccc(C)c1NC(=O)C(Sc1cccc(NC(=O)c2cccc(Cl)c2)c1)c1ccccc1. The number of aryl methyl sites for hydroxylation is 2. The molecule has 4 aromatic rings. The lowest BCUT2D eigenvalue weighted by molar-refractivity contribution is -0.115. The molecule has 1 atom stereocenters. The lowest BCUT2D eigenvalue weighted by Crippen LogP contribution is -2.20. The van der Waals surface area contributed by atoms with Gasteiger partial charge in [-0.25, -0.2) is 0 Å².